The van der Waals surface area contributed by atoms with E-state index in [-0.39, 0.29) is 24.0 Å². The predicted octanol–water partition coefficient (Wildman–Crippen LogP) is 3.10. The molecule has 0 radical (unpaired) electrons. The summed E-state index contributed by atoms with van der Waals surface area (Å²) < 4.78 is 0. The quantitative estimate of drug-likeness (QED) is 0.487. The lowest BCUT2D eigenvalue weighted by Crippen LogP contribution is -2.04. The number of halogens is 1. The van der Waals surface area contributed by atoms with Crippen molar-refractivity contribution in [2.24, 2.45) is 10.7 Å². The van der Waals surface area contributed by atoms with E-state index in [4.69, 9.17) is 5.73 Å². The molecule has 1 aromatic rings. The molecule has 0 bridgehead atoms. The smallest absolute Gasteiger partial charge is 0.158 e. The molecule has 0 amide bonds. The first-order chi connectivity index (χ1) is 6.81. The second-order valence-corrected chi connectivity index (χ2v) is 4.25. The molecule has 1 aromatic carbocycles. The van der Waals surface area contributed by atoms with E-state index in [0.29, 0.717) is 5.17 Å². The van der Waals surface area contributed by atoms with Crippen LogP contribution in [0.4, 0.5) is 5.69 Å². The van der Waals surface area contributed by atoms with Gasteiger partial charge >= 0.3 is 0 Å². The maximum absolute atomic E-state index is 5.71. The Balaban J connectivity index is 0.00000112. The molecule has 0 heterocycles. The number of nitrogens with two attached hydrogens (primary N) is 1. The van der Waals surface area contributed by atoms with E-state index in [1.807, 2.05) is 12.3 Å². The molecular weight excluding hydrogens is 319 g/mol. The van der Waals surface area contributed by atoms with Crippen LogP contribution in [0.25, 0.3) is 0 Å². The van der Waals surface area contributed by atoms with E-state index in [9.17, 15) is 0 Å². The molecule has 82 valence electrons. The van der Waals surface area contributed by atoms with E-state index in [2.05, 4.69) is 17.1 Å². The molecule has 0 atom stereocenters. The zero-order valence-corrected chi connectivity index (χ0v) is 11.8. The first-order valence-electron chi connectivity index (χ1n) is 4.80. The normalized spacial score (nSPS) is 14.6. The van der Waals surface area contributed by atoms with Gasteiger partial charge in [0.1, 0.15) is 0 Å². The number of rotatable bonds is 1. The molecule has 0 aromatic heterocycles. The molecule has 0 aliphatic heterocycles. The summed E-state index contributed by atoms with van der Waals surface area (Å²) in [6.45, 7) is 0. The minimum Gasteiger partial charge on any atom is -0.378 e. The van der Waals surface area contributed by atoms with E-state index >= 15 is 0 Å². The number of thioether (sulfide) groups is 1. The summed E-state index contributed by atoms with van der Waals surface area (Å²) in [5.74, 6) is 0. The number of fused-ring (bicyclic) bond motifs is 1. The van der Waals surface area contributed by atoms with Crippen molar-refractivity contribution in [2.75, 3.05) is 6.26 Å². The lowest BCUT2D eigenvalue weighted by molar-refractivity contribution is 0.911. The molecule has 1 aliphatic rings. The number of nitrogens with zero attached hydrogens (tertiary/aromatic N) is 1. The Bertz CT molecular complexity index is 377. The SMILES string of the molecule is CSC(N)=Nc1cccc2c1CCC2.I. The minimum atomic E-state index is 0. The molecule has 2 N–H and O–H groups in total. The maximum atomic E-state index is 5.71. The van der Waals surface area contributed by atoms with Crippen LogP contribution in [-0.2, 0) is 12.8 Å². The van der Waals surface area contributed by atoms with Gasteiger partial charge in [-0.05, 0) is 42.7 Å². The van der Waals surface area contributed by atoms with Crippen LogP contribution in [0.5, 0.6) is 0 Å². The second-order valence-electron chi connectivity index (χ2n) is 3.42. The third-order valence-electron chi connectivity index (χ3n) is 2.56. The average Bonchev–Trinajstić information content (AvgIpc) is 2.66. The zero-order chi connectivity index (χ0) is 9.97. The summed E-state index contributed by atoms with van der Waals surface area (Å²) in [6.07, 6.45) is 5.54. The Morgan fingerprint density at radius 3 is 2.93 bits per heavy atom. The second kappa shape index (κ2) is 5.75. The summed E-state index contributed by atoms with van der Waals surface area (Å²) in [4.78, 5) is 4.41. The van der Waals surface area contributed by atoms with Gasteiger partial charge in [0.2, 0.25) is 0 Å². The summed E-state index contributed by atoms with van der Waals surface area (Å²) >= 11 is 1.49. The van der Waals surface area contributed by atoms with Crippen LogP contribution in [0.3, 0.4) is 0 Å². The molecule has 2 rings (SSSR count). The van der Waals surface area contributed by atoms with Crippen LogP contribution in [0.1, 0.15) is 17.5 Å². The monoisotopic (exact) mass is 334 g/mol. The van der Waals surface area contributed by atoms with Gasteiger partial charge < -0.3 is 5.73 Å². The van der Waals surface area contributed by atoms with E-state index < -0.39 is 0 Å². The van der Waals surface area contributed by atoms with Gasteiger partial charge in [0.15, 0.2) is 5.17 Å². The lowest BCUT2D eigenvalue weighted by Gasteiger charge is -2.03. The molecule has 4 heteroatoms. The molecule has 0 unspecified atom stereocenters. The molecule has 1 aliphatic carbocycles. The number of aryl methyl sites for hydroxylation is 1. The molecule has 15 heavy (non-hydrogen) atoms. The molecule has 0 saturated carbocycles. The van der Waals surface area contributed by atoms with Crippen LogP contribution in [0, 0.1) is 0 Å². The van der Waals surface area contributed by atoms with Gasteiger partial charge in [-0.2, -0.15) is 0 Å². The van der Waals surface area contributed by atoms with Crippen molar-refractivity contribution in [1.29, 1.82) is 0 Å². The molecular formula is C11H15IN2S. The van der Waals surface area contributed by atoms with Crippen molar-refractivity contribution >= 4 is 46.6 Å². The van der Waals surface area contributed by atoms with Gasteiger partial charge in [-0.3, -0.25) is 0 Å². The zero-order valence-electron chi connectivity index (χ0n) is 8.69. The van der Waals surface area contributed by atoms with Gasteiger partial charge in [0.25, 0.3) is 0 Å². The van der Waals surface area contributed by atoms with Crippen molar-refractivity contribution in [3.8, 4) is 0 Å². The Morgan fingerprint density at radius 1 is 1.40 bits per heavy atom. The lowest BCUT2D eigenvalue weighted by atomic mass is 10.1. The third-order valence-corrected chi connectivity index (χ3v) is 3.07. The summed E-state index contributed by atoms with van der Waals surface area (Å²) in [5, 5.41) is 0.644. The summed E-state index contributed by atoms with van der Waals surface area (Å²) in [5.41, 5.74) is 9.61. The maximum Gasteiger partial charge on any atom is 0.158 e. The van der Waals surface area contributed by atoms with E-state index in [1.165, 1.54) is 35.7 Å². The molecule has 0 saturated heterocycles. The van der Waals surface area contributed by atoms with Gasteiger partial charge in [-0.15, -0.1) is 24.0 Å². The van der Waals surface area contributed by atoms with Gasteiger partial charge in [0, 0.05) is 0 Å². The number of amidine groups is 1. The Morgan fingerprint density at radius 2 is 2.20 bits per heavy atom. The van der Waals surface area contributed by atoms with E-state index in [1.54, 1.807) is 0 Å². The molecule has 0 fully saturated rings. The highest BCUT2D eigenvalue weighted by atomic mass is 127. The van der Waals surface area contributed by atoms with Crippen LogP contribution >= 0.6 is 35.7 Å². The van der Waals surface area contributed by atoms with Crippen LogP contribution < -0.4 is 5.73 Å². The van der Waals surface area contributed by atoms with Crippen molar-refractivity contribution in [2.45, 2.75) is 19.3 Å². The number of benzene rings is 1. The topological polar surface area (TPSA) is 38.4 Å². The van der Waals surface area contributed by atoms with E-state index in [0.717, 1.165) is 12.1 Å². The van der Waals surface area contributed by atoms with Crippen LogP contribution in [-0.4, -0.2) is 11.4 Å². The van der Waals surface area contributed by atoms with Crippen LogP contribution in [0.15, 0.2) is 23.2 Å². The van der Waals surface area contributed by atoms with Crippen molar-refractivity contribution in [3.63, 3.8) is 0 Å². The minimum absolute atomic E-state index is 0. The fraction of sp³-hybridized carbons (Fsp3) is 0.364. The fourth-order valence-electron chi connectivity index (χ4n) is 1.87. The summed E-state index contributed by atoms with van der Waals surface area (Å²) in [6, 6.07) is 6.31. The average molecular weight is 334 g/mol. The predicted molar refractivity (Wildman–Crippen MR) is 78.7 cm³/mol. The third kappa shape index (κ3) is 2.87. The Kier molecular flexibility index (Phi) is 4.92. The first-order valence-corrected chi connectivity index (χ1v) is 6.02. The van der Waals surface area contributed by atoms with Crippen molar-refractivity contribution in [3.05, 3.63) is 29.3 Å². The number of hydrogen-bond acceptors (Lipinski definition) is 2. The number of aliphatic imine (C=N–C) groups is 1. The van der Waals surface area contributed by atoms with Crippen molar-refractivity contribution in [1.82, 2.24) is 0 Å². The summed E-state index contributed by atoms with van der Waals surface area (Å²) in [7, 11) is 0. The van der Waals surface area contributed by atoms with Crippen LogP contribution in [0.2, 0.25) is 0 Å². The van der Waals surface area contributed by atoms with Gasteiger partial charge in [-0.1, -0.05) is 23.9 Å². The van der Waals surface area contributed by atoms with Crippen molar-refractivity contribution < 1.29 is 0 Å². The fourth-order valence-corrected chi connectivity index (χ4v) is 2.06. The highest BCUT2D eigenvalue weighted by molar-refractivity contribution is 14.0. The molecule has 0 spiro atoms. The molecule has 2 nitrogen and oxygen atoms in total. The largest absolute Gasteiger partial charge is 0.378 e. The highest BCUT2D eigenvalue weighted by Gasteiger charge is 2.13. The Hall–Kier alpha value is -0.230. The van der Waals surface area contributed by atoms with Gasteiger partial charge in [-0.25, -0.2) is 4.99 Å². The highest BCUT2D eigenvalue weighted by Crippen LogP contribution is 2.30. The van der Waals surface area contributed by atoms with Gasteiger partial charge in [0.05, 0.1) is 5.69 Å². The standard InChI is InChI=1S/C11H14N2S.HI/c1-14-11(12)13-10-7-3-5-8-4-2-6-9(8)10;/h3,5,7H,2,4,6H2,1H3,(H2,12,13);1H. The first kappa shape index (κ1) is 12.8. The Labute approximate surface area is 112 Å². The number of hydrogen-bond donors (Lipinski definition) is 1.